The molecular weight excluding hydrogens is 474 g/mol. The van der Waals surface area contributed by atoms with Crippen LogP contribution in [0.5, 0.6) is 0 Å². The summed E-state index contributed by atoms with van der Waals surface area (Å²) >= 11 is 0. The van der Waals surface area contributed by atoms with Crippen molar-refractivity contribution < 1.29 is 28.5 Å². The van der Waals surface area contributed by atoms with Crippen LogP contribution in [0.1, 0.15) is 26.3 Å². The molecule has 0 spiro atoms. The predicted molar refractivity (Wildman–Crippen MR) is 138 cm³/mol. The van der Waals surface area contributed by atoms with Crippen LogP contribution in [0.2, 0.25) is 0 Å². The lowest BCUT2D eigenvalue weighted by Crippen LogP contribution is -2.54. The topological polar surface area (TPSA) is 130 Å². The van der Waals surface area contributed by atoms with Crippen LogP contribution in [0.15, 0.2) is 66.9 Å². The molecule has 0 radical (unpaired) electrons. The van der Waals surface area contributed by atoms with E-state index < -0.39 is 41.9 Å². The SMILES string of the molecule is C[C@H](NC(=O)OCc1ccccc1)C(=O)N[C@@H](C)C(=O)N[C@@H](C)C(=O)Nc1ccc2c(ccc[n+]2C)c1. The number of benzene rings is 2. The minimum Gasteiger partial charge on any atom is -0.445 e. The zero-order chi connectivity index (χ0) is 26.9. The Bertz CT molecular complexity index is 1280. The van der Waals surface area contributed by atoms with E-state index in [0.717, 1.165) is 16.5 Å². The lowest BCUT2D eigenvalue weighted by Gasteiger charge is -2.20. The van der Waals surface area contributed by atoms with Gasteiger partial charge >= 0.3 is 6.09 Å². The normalized spacial score (nSPS) is 13.1. The number of nitrogens with one attached hydrogen (secondary N) is 4. The van der Waals surface area contributed by atoms with Crippen LogP contribution < -0.4 is 25.8 Å². The highest BCUT2D eigenvalue weighted by Crippen LogP contribution is 2.16. The Labute approximate surface area is 215 Å². The van der Waals surface area contributed by atoms with Crippen molar-refractivity contribution in [2.45, 2.75) is 45.5 Å². The van der Waals surface area contributed by atoms with Gasteiger partial charge in [-0.15, -0.1) is 0 Å². The van der Waals surface area contributed by atoms with Crippen molar-refractivity contribution in [1.29, 1.82) is 0 Å². The van der Waals surface area contributed by atoms with E-state index >= 15 is 0 Å². The van der Waals surface area contributed by atoms with Crippen molar-refractivity contribution in [3.8, 4) is 0 Å². The summed E-state index contributed by atoms with van der Waals surface area (Å²) in [5.41, 5.74) is 2.43. The third kappa shape index (κ3) is 7.76. The van der Waals surface area contributed by atoms with E-state index in [1.54, 1.807) is 13.0 Å². The van der Waals surface area contributed by atoms with Crippen molar-refractivity contribution in [1.82, 2.24) is 16.0 Å². The summed E-state index contributed by atoms with van der Waals surface area (Å²) in [6.07, 6.45) is 1.18. The number of aromatic nitrogens is 1. The summed E-state index contributed by atoms with van der Waals surface area (Å²) < 4.78 is 7.08. The largest absolute Gasteiger partial charge is 0.445 e. The van der Waals surface area contributed by atoms with E-state index in [0.29, 0.717) is 5.69 Å². The van der Waals surface area contributed by atoms with Gasteiger partial charge in [0, 0.05) is 23.2 Å². The van der Waals surface area contributed by atoms with E-state index in [1.807, 2.05) is 72.4 Å². The molecule has 0 unspecified atom stereocenters. The average molecular weight is 507 g/mol. The first kappa shape index (κ1) is 27.1. The zero-order valence-electron chi connectivity index (χ0n) is 21.3. The number of carbonyl (C=O) groups excluding carboxylic acids is 4. The summed E-state index contributed by atoms with van der Waals surface area (Å²) in [6, 6.07) is 15.8. The average Bonchev–Trinajstić information content (AvgIpc) is 2.88. The maximum atomic E-state index is 12.6. The Morgan fingerprint density at radius 2 is 1.41 bits per heavy atom. The molecule has 1 heterocycles. The Hall–Kier alpha value is -4.47. The highest BCUT2D eigenvalue weighted by Gasteiger charge is 2.24. The van der Waals surface area contributed by atoms with Crippen LogP contribution in [0, 0.1) is 0 Å². The number of amides is 4. The van der Waals surface area contributed by atoms with Crippen molar-refractivity contribution in [3.05, 3.63) is 72.4 Å². The quantitative estimate of drug-likeness (QED) is 0.330. The monoisotopic (exact) mass is 506 g/mol. The molecule has 0 bridgehead atoms. The third-order valence-corrected chi connectivity index (χ3v) is 5.71. The van der Waals surface area contributed by atoms with Gasteiger partial charge in [0.15, 0.2) is 6.20 Å². The Balaban J connectivity index is 1.44. The van der Waals surface area contributed by atoms with Crippen LogP contribution in [-0.2, 0) is 32.8 Å². The fraction of sp³-hybridized carbons (Fsp3) is 0.296. The van der Waals surface area contributed by atoms with Crippen LogP contribution in [0.25, 0.3) is 10.9 Å². The van der Waals surface area contributed by atoms with Gasteiger partial charge in [-0.25, -0.2) is 9.36 Å². The van der Waals surface area contributed by atoms with E-state index in [2.05, 4.69) is 21.3 Å². The van der Waals surface area contributed by atoms with Crippen LogP contribution in [-0.4, -0.2) is 41.9 Å². The van der Waals surface area contributed by atoms with Gasteiger partial charge in [0.2, 0.25) is 23.2 Å². The third-order valence-electron chi connectivity index (χ3n) is 5.71. The molecule has 0 aliphatic carbocycles. The standard InChI is InChI=1S/C27H31N5O5/c1-17(28-25(34)19(3)30-27(36)37-16-20-9-6-5-7-10-20)24(33)29-18(2)26(35)31-22-12-13-23-21(15-22)11-8-14-32(23)4/h5-15,17-19H,16H2,1-4H3,(H3-,28,29,30,31,33,34,35,36)/p+1/t17-,18-,19-/m0/s1. The van der Waals surface area contributed by atoms with Gasteiger partial charge in [-0.05, 0) is 44.5 Å². The molecule has 37 heavy (non-hydrogen) atoms. The second-order valence-electron chi connectivity index (χ2n) is 8.77. The van der Waals surface area contributed by atoms with Crippen molar-refractivity contribution >= 4 is 40.4 Å². The fourth-order valence-corrected chi connectivity index (χ4v) is 3.51. The molecular formula is C27H32N5O5+. The lowest BCUT2D eigenvalue weighted by molar-refractivity contribution is -0.644. The van der Waals surface area contributed by atoms with Crippen molar-refractivity contribution in [2.24, 2.45) is 7.05 Å². The van der Waals surface area contributed by atoms with Crippen LogP contribution >= 0.6 is 0 Å². The number of hydrogen-bond acceptors (Lipinski definition) is 5. The first-order chi connectivity index (χ1) is 17.6. The molecule has 10 nitrogen and oxygen atoms in total. The molecule has 3 rings (SSSR count). The smallest absolute Gasteiger partial charge is 0.408 e. The molecule has 3 aromatic rings. The van der Waals surface area contributed by atoms with Gasteiger partial charge in [-0.3, -0.25) is 14.4 Å². The van der Waals surface area contributed by atoms with Crippen molar-refractivity contribution in [2.75, 3.05) is 5.32 Å². The number of anilines is 1. The molecule has 10 heteroatoms. The number of nitrogens with zero attached hydrogens (tertiary/aromatic N) is 1. The Kier molecular flexibility index (Phi) is 9.15. The van der Waals surface area contributed by atoms with Gasteiger partial charge in [0.25, 0.3) is 0 Å². The first-order valence-corrected chi connectivity index (χ1v) is 11.9. The number of aryl methyl sites for hydroxylation is 1. The summed E-state index contributed by atoms with van der Waals surface area (Å²) in [6.45, 7) is 4.58. The molecule has 0 aliphatic rings. The lowest BCUT2D eigenvalue weighted by atomic mass is 10.2. The minimum absolute atomic E-state index is 0.0670. The maximum Gasteiger partial charge on any atom is 0.408 e. The van der Waals surface area contributed by atoms with Gasteiger partial charge in [0.1, 0.15) is 31.8 Å². The summed E-state index contributed by atoms with van der Waals surface area (Å²) in [5.74, 6) is -1.51. The minimum atomic E-state index is -0.937. The van der Waals surface area contributed by atoms with E-state index in [9.17, 15) is 19.2 Å². The molecule has 0 aliphatic heterocycles. The number of carbonyl (C=O) groups is 4. The Morgan fingerprint density at radius 3 is 2.08 bits per heavy atom. The number of pyridine rings is 1. The van der Waals surface area contributed by atoms with Gasteiger partial charge < -0.3 is 26.0 Å². The van der Waals surface area contributed by atoms with Gasteiger partial charge in [-0.2, -0.15) is 0 Å². The number of alkyl carbamates (subject to hydrolysis) is 1. The molecule has 4 amide bonds. The van der Waals surface area contributed by atoms with Crippen LogP contribution in [0.3, 0.4) is 0 Å². The number of rotatable bonds is 9. The number of hydrogen-bond donors (Lipinski definition) is 4. The van der Waals surface area contributed by atoms with E-state index in [-0.39, 0.29) is 6.61 Å². The number of ether oxygens (including phenoxy) is 1. The van der Waals surface area contributed by atoms with E-state index in [1.165, 1.54) is 13.8 Å². The van der Waals surface area contributed by atoms with E-state index in [4.69, 9.17) is 4.74 Å². The molecule has 194 valence electrons. The highest BCUT2D eigenvalue weighted by atomic mass is 16.5. The molecule has 0 saturated heterocycles. The molecule has 3 atom stereocenters. The molecule has 0 fully saturated rings. The Morgan fingerprint density at radius 1 is 0.784 bits per heavy atom. The van der Waals surface area contributed by atoms with Crippen LogP contribution in [0.4, 0.5) is 10.5 Å². The van der Waals surface area contributed by atoms with Gasteiger partial charge in [0.05, 0.1) is 0 Å². The summed E-state index contributed by atoms with van der Waals surface area (Å²) in [7, 11) is 1.94. The second kappa shape index (κ2) is 12.5. The second-order valence-corrected chi connectivity index (χ2v) is 8.77. The summed E-state index contributed by atoms with van der Waals surface area (Å²) in [5, 5.41) is 11.3. The summed E-state index contributed by atoms with van der Waals surface area (Å²) in [4.78, 5) is 49.5. The molecule has 0 saturated carbocycles. The molecule has 4 N–H and O–H groups in total. The molecule has 2 aromatic carbocycles. The highest BCUT2D eigenvalue weighted by molar-refractivity contribution is 5.99. The fourth-order valence-electron chi connectivity index (χ4n) is 3.51. The van der Waals surface area contributed by atoms with Gasteiger partial charge in [-0.1, -0.05) is 30.3 Å². The molecule has 1 aromatic heterocycles. The maximum absolute atomic E-state index is 12.6. The zero-order valence-corrected chi connectivity index (χ0v) is 21.3. The van der Waals surface area contributed by atoms with Crippen molar-refractivity contribution in [3.63, 3.8) is 0 Å². The predicted octanol–water partition coefficient (Wildman–Crippen LogP) is 1.93. The first-order valence-electron chi connectivity index (χ1n) is 11.9. The number of fused-ring (bicyclic) bond motifs is 1.